The number of benzene rings is 2. The van der Waals surface area contributed by atoms with Crippen molar-refractivity contribution in [1.82, 2.24) is 0 Å². The topological polar surface area (TPSA) is 49.4 Å². The SMILES string of the molecule is CC(=O)N(CCC(=O)Nc1ccc(Br)cc1C)c1ccc(F)cc1. The molecule has 0 bridgehead atoms. The number of carbonyl (C=O) groups excluding carboxylic acids is 2. The molecule has 0 atom stereocenters. The van der Waals surface area contributed by atoms with Crippen LogP contribution >= 0.6 is 15.9 Å². The number of carbonyl (C=O) groups is 2. The molecule has 0 saturated carbocycles. The molecule has 0 radical (unpaired) electrons. The first-order chi connectivity index (χ1) is 11.4. The third-order valence-corrected chi connectivity index (χ3v) is 4.04. The quantitative estimate of drug-likeness (QED) is 0.825. The van der Waals surface area contributed by atoms with Crippen molar-refractivity contribution in [3.05, 3.63) is 58.3 Å². The molecule has 0 fully saturated rings. The fraction of sp³-hybridized carbons (Fsp3) is 0.222. The van der Waals surface area contributed by atoms with Crippen LogP contribution in [-0.4, -0.2) is 18.4 Å². The van der Waals surface area contributed by atoms with Crippen LogP contribution in [0.25, 0.3) is 0 Å². The Morgan fingerprint density at radius 1 is 1.17 bits per heavy atom. The summed E-state index contributed by atoms with van der Waals surface area (Å²) in [7, 11) is 0. The van der Waals surface area contributed by atoms with Crippen LogP contribution < -0.4 is 10.2 Å². The summed E-state index contributed by atoms with van der Waals surface area (Å²) < 4.78 is 13.9. The van der Waals surface area contributed by atoms with E-state index >= 15 is 0 Å². The monoisotopic (exact) mass is 392 g/mol. The van der Waals surface area contributed by atoms with E-state index in [2.05, 4.69) is 21.2 Å². The summed E-state index contributed by atoms with van der Waals surface area (Å²) >= 11 is 3.38. The molecule has 2 rings (SSSR count). The van der Waals surface area contributed by atoms with Crippen LogP contribution in [0, 0.1) is 12.7 Å². The maximum Gasteiger partial charge on any atom is 0.226 e. The molecule has 0 unspecified atom stereocenters. The molecule has 0 heterocycles. The Balaban J connectivity index is 2.00. The second-order valence-corrected chi connectivity index (χ2v) is 6.32. The lowest BCUT2D eigenvalue weighted by Crippen LogP contribution is -2.32. The summed E-state index contributed by atoms with van der Waals surface area (Å²) in [4.78, 5) is 25.4. The van der Waals surface area contributed by atoms with Gasteiger partial charge in [0, 0.05) is 35.7 Å². The zero-order valence-corrected chi connectivity index (χ0v) is 15.1. The van der Waals surface area contributed by atoms with Crippen LogP contribution in [-0.2, 0) is 9.59 Å². The minimum Gasteiger partial charge on any atom is -0.326 e. The number of amides is 2. The fourth-order valence-electron chi connectivity index (χ4n) is 2.28. The first-order valence-electron chi connectivity index (χ1n) is 7.46. The Bertz CT molecular complexity index is 747. The number of hydrogen-bond donors (Lipinski definition) is 1. The Morgan fingerprint density at radius 3 is 2.42 bits per heavy atom. The molecule has 0 aliphatic rings. The predicted octanol–water partition coefficient (Wildman–Crippen LogP) is 4.28. The third kappa shape index (κ3) is 4.89. The van der Waals surface area contributed by atoms with E-state index < -0.39 is 0 Å². The van der Waals surface area contributed by atoms with Crippen LogP contribution in [0.1, 0.15) is 18.9 Å². The van der Waals surface area contributed by atoms with Gasteiger partial charge in [0.1, 0.15) is 5.82 Å². The first kappa shape index (κ1) is 18.1. The summed E-state index contributed by atoms with van der Waals surface area (Å²) in [6, 6.07) is 11.2. The van der Waals surface area contributed by atoms with Gasteiger partial charge in [0.25, 0.3) is 0 Å². The van der Waals surface area contributed by atoms with E-state index in [1.54, 1.807) is 0 Å². The number of nitrogens with zero attached hydrogens (tertiary/aromatic N) is 1. The number of aryl methyl sites for hydroxylation is 1. The highest BCUT2D eigenvalue weighted by molar-refractivity contribution is 9.10. The molecule has 2 aromatic rings. The molecule has 24 heavy (non-hydrogen) atoms. The highest BCUT2D eigenvalue weighted by Gasteiger charge is 2.14. The van der Waals surface area contributed by atoms with Crippen LogP contribution in [0.2, 0.25) is 0 Å². The normalized spacial score (nSPS) is 10.3. The lowest BCUT2D eigenvalue weighted by molar-refractivity contribution is -0.117. The molecule has 0 spiro atoms. The first-order valence-corrected chi connectivity index (χ1v) is 8.26. The summed E-state index contributed by atoms with van der Waals surface area (Å²) in [5.74, 6) is -0.756. The maximum absolute atomic E-state index is 13.0. The number of nitrogens with one attached hydrogen (secondary N) is 1. The highest BCUT2D eigenvalue weighted by atomic mass is 79.9. The molecule has 0 saturated heterocycles. The zero-order chi connectivity index (χ0) is 17.7. The van der Waals surface area contributed by atoms with E-state index in [1.807, 2.05) is 25.1 Å². The van der Waals surface area contributed by atoms with Gasteiger partial charge in [0.2, 0.25) is 11.8 Å². The lowest BCUT2D eigenvalue weighted by atomic mass is 10.2. The van der Waals surface area contributed by atoms with E-state index in [4.69, 9.17) is 0 Å². The average Bonchev–Trinajstić information content (AvgIpc) is 2.52. The van der Waals surface area contributed by atoms with Gasteiger partial charge in [-0.15, -0.1) is 0 Å². The summed E-state index contributed by atoms with van der Waals surface area (Å²) in [6.45, 7) is 3.54. The number of rotatable bonds is 5. The lowest BCUT2D eigenvalue weighted by Gasteiger charge is -2.21. The average molecular weight is 393 g/mol. The van der Waals surface area contributed by atoms with Gasteiger partial charge in [0.05, 0.1) is 0 Å². The molecule has 0 aliphatic carbocycles. The van der Waals surface area contributed by atoms with Crippen molar-refractivity contribution in [2.45, 2.75) is 20.3 Å². The van der Waals surface area contributed by atoms with E-state index in [0.717, 1.165) is 15.7 Å². The second kappa shape index (κ2) is 8.06. The highest BCUT2D eigenvalue weighted by Crippen LogP contribution is 2.20. The largest absolute Gasteiger partial charge is 0.326 e. The molecule has 0 aromatic heterocycles. The molecule has 2 aromatic carbocycles. The van der Waals surface area contributed by atoms with Crippen molar-refractivity contribution in [3.8, 4) is 0 Å². The van der Waals surface area contributed by atoms with Gasteiger partial charge < -0.3 is 10.2 Å². The third-order valence-electron chi connectivity index (χ3n) is 3.54. The Morgan fingerprint density at radius 2 is 1.83 bits per heavy atom. The van der Waals surface area contributed by atoms with Crippen molar-refractivity contribution < 1.29 is 14.0 Å². The molecule has 2 amide bonds. The molecular formula is C18H18BrFN2O2. The number of hydrogen-bond acceptors (Lipinski definition) is 2. The van der Waals surface area contributed by atoms with Crippen molar-refractivity contribution >= 4 is 39.1 Å². The standard InChI is InChI=1S/C18H18BrFN2O2/c1-12-11-14(19)3-8-17(12)21-18(24)9-10-22(13(2)23)16-6-4-15(20)5-7-16/h3-8,11H,9-10H2,1-2H3,(H,21,24). The van der Waals surface area contributed by atoms with E-state index in [1.165, 1.54) is 36.1 Å². The minimum absolute atomic E-state index is 0.145. The van der Waals surface area contributed by atoms with Gasteiger partial charge in [-0.25, -0.2) is 4.39 Å². The molecule has 126 valence electrons. The van der Waals surface area contributed by atoms with E-state index in [9.17, 15) is 14.0 Å². The molecule has 4 nitrogen and oxygen atoms in total. The second-order valence-electron chi connectivity index (χ2n) is 5.40. The summed E-state index contributed by atoms with van der Waals surface area (Å²) in [5.41, 5.74) is 2.25. The van der Waals surface area contributed by atoms with Crippen LogP contribution in [0.5, 0.6) is 0 Å². The van der Waals surface area contributed by atoms with Crippen molar-refractivity contribution in [2.24, 2.45) is 0 Å². The number of anilines is 2. The van der Waals surface area contributed by atoms with Crippen molar-refractivity contribution in [1.29, 1.82) is 0 Å². The molecular weight excluding hydrogens is 375 g/mol. The van der Waals surface area contributed by atoms with Crippen LogP contribution in [0.15, 0.2) is 46.9 Å². The van der Waals surface area contributed by atoms with Crippen molar-refractivity contribution in [3.63, 3.8) is 0 Å². The van der Waals surface area contributed by atoms with Gasteiger partial charge in [-0.2, -0.15) is 0 Å². The number of halogens is 2. The summed E-state index contributed by atoms with van der Waals surface area (Å²) in [5, 5.41) is 2.83. The maximum atomic E-state index is 13.0. The van der Waals surface area contributed by atoms with Crippen molar-refractivity contribution in [2.75, 3.05) is 16.8 Å². The fourth-order valence-corrected chi connectivity index (χ4v) is 2.76. The Labute approximate surface area is 148 Å². The van der Waals surface area contributed by atoms with Gasteiger partial charge in [-0.3, -0.25) is 9.59 Å². The Kier molecular flexibility index (Phi) is 6.09. The van der Waals surface area contributed by atoms with Crippen LogP contribution in [0.3, 0.4) is 0 Å². The molecule has 6 heteroatoms. The Hall–Kier alpha value is -2.21. The van der Waals surface area contributed by atoms with E-state index in [-0.39, 0.29) is 30.6 Å². The molecule has 0 aliphatic heterocycles. The molecule has 1 N–H and O–H groups in total. The van der Waals surface area contributed by atoms with Gasteiger partial charge in [-0.1, -0.05) is 15.9 Å². The smallest absolute Gasteiger partial charge is 0.226 e. The van der Waals surface area contributed by atoms with Gasteiger partial charge in [-0.05, 0) is 55.0 Å². The predicted molar refractivity (Wildman–Crippen MR) is 96.6 cm³/mol. The summed E-state index contributed by atoms with van der Waals surface area (Å²) in [6.07, 6.45) is 0.145. The minimum atomic E-state index is -0.370. The van der Waals surface area contributed by atoms with Gasteiger partial charge in [0.15, 0.2) is 0 Å². The van der Waals surface area contributed by atoms with E-state index in [0.29, 0.717) is 5.69 Å². The van der Waals surface area contributed by atoms with Gasteiger partial charge >= 0.3 is 0 Å². The van der Waals surface area contributed by atoms with Crippen LogP contribution in [0.4, 0.5) is 15.8 Å². The zero-order valence-electron chi connectivity index (χ0n) is 13.5.